The molecular weight excluding hydrogens is 330 g/mol. The molecule has 5 heteroatoms. The molecule has 0 radical (unpaired) electrons. The molecule has 1 amide bonds. The Morgan fingerprint density at radius 2 is 1.85 bits per heavy atom. The van der Waals surface area contributed by atoms with E-state index in [4.69, 9.17) is 0 Å². The molecule has 3 rings (SSSR count). The number of anilines is 1. The van der Waals surface area contributed by atoms with Crippen LogP contribution >= 0.6 is 0 Å². The molecule has 0 aliphatic heterocycles. The van der Waals surface area contributed by atoms with Gasteiger partial charge in [-0.05, 0) is 55.1 Å². The number of aliphatic hydroxyl groups is 3. The van der Waals surface area contributed by atoms with Gasteiger partial charge in [-0.15, -0.1) is 0 Å². The SMILES string of the molecule is C[C@]1(CO)[C@H]2CC[C@@H](O)[C@@H](CC(=O)Nc3ccccc3)[C@]2(C)CC[C@H]1O. The summed E-state index contributed by atoms with van der Waals surface area (Å²) in [6.45, 7) is 3.99. The van der Waals surface area contributed by atoms with Gasteiger partial charge in [-0.25, -0.2) is 0 Å². The van der Waals surface area contributed by atoms with Crippen molar-refractivity contribution >= 4 is 11.6 Å². The topological polar surface area (TPSA) is 89.8 Å². The fourth-order valence-corrected chi connectivity index (χ4v) is 5.54. The number of para-hydroxylation sites is 1. The van der Waals surface area contributed by atoms with Gasteiger partial charge in [0.15, 0.2) is 0 Å². The maximum atomic E-state index is 12.6. The number of hydrogen-bond acceptors (Lipinski definition) is 4. The van der Waals surface area contributed by atoms with Gasteiger partial charge in [0.25, 0.3) is 0 Å². The van der Waals surface area contributed by atoms with Crippen molar-refractivity contribution in [3.8, 4) is 0 Å². The molecule has 0 saturated heterocycles. The van der Waals surface area contributed by atoms with Gasteiger partial charge in [0, 0.05) is 17.5 Å². The van der Waals surface area contributed by atoms with Gasteiger partial charge in [-0.3, -0.25) is 4.79 Å². The van der Waals surface area contributed by atoms with Gasteiger partial charge in [-0.2, -0.15) is 0 Å². The molecule has 0 bridgehead atoms. The van der Waals surface area contributed by atoms with Crippen molar-refractivity contribution < 1.29 is 20.1 Å². The van der Waals surface area contributed by atoms with Crippen LogP contribution in [0, 0.1) is 22.7 Å². The second-order valence-corrected chi connectivity index (χ2v) is 8.65. The minimum Gasteiger partial charge on any atom is -0.396 e. The Bertz CT molecular complexity index is 636. The lowest BCUT2D eigenvalue weighted by Crippen LogP contribution is -2.60. The van der Waals surface area contributed by atoms with Crippen LogP contribution in [0.2, 0.25) is 0 Å². The van der Waals surface area contributed by atoms with Gasteiger partial charge in [0.2, 0.25) is 5.91 Å². The summed E-state index contributed by atoms with van der Waals surface area (Å²) in [6.07, 6.45) is 1.90. The van der Waals surface area contributed by atoms with Crippen LogP contribution in [0.25, 0.3) is 0 Å². The largest absolute Gasteiger partial charge is 0.396 e. The van der Waals surface area contributed by atoms with Crippen molar-refractivity contribution in [3.05, 3.63) is 30.3 Å². The summed E-state index contributed by atoms with van der Waals surface area (Å²) in [5.74, 6) is -0.191. The predicted octanol–water partition coefficient (Wildman–Crippen LogP) is 2.56. The van der Waals surface area contributed by atoms with Crippen LogP contribution in [0.1, 0.15) is 46.0 Å². The molecular formula is C21H31NO4. The Morgan fingerprint density at radius 3 is 2.50 bits per heavy atom. The van der Waals surface area contributed by atoms with E-state index >= 15 is 0 Å². The Balaban J connectivity index is 1.80. The zero-order valence-corrected chi connectivity index (χ0v) is 15.7. The second kappa shape index (κ2) is 7.29. The summed E-state index contributed by atoms with van der Waals surface area (Å²) >= 11 is 0. The van der Waals surface area contributed by atoms with Gasteiger partial charge in [0.1, 0.15) is 0 Å². The predicted molar refractivity (Wildman–Crippen MR) is 100 cm³/mol. The molecule has 1 aromatic carbocycles. The lowest BCUT2D eigenvalue weighted by atomic mass is 9.46. The van der Waals surface area contributed by atoms with Crippen LogP contribution in [-0.4, -0.2) is 40.0 Å². The number of carbonyl (C=O) groups is 1. The van der Waals surface area contributed by atoms with Crippen LogP contribution in [-0.2, 0) is 4.79 Å². The van der Waals surface area contributed by atoms with Gasteiger partial charge < -0.3 is 20.6 Å². The van der Waals surface area contributed by atoms with E-state index in [0.29, 0.717) is 12.8 Å². The molecule has 6 atom stereocenters. The number of carbonyl (C=O) groups excluding carboxylic acids is 1. The van der Waals surface area contributed by atoms with Crippen molar-refractivity contribution in [1.29, 1.82) is 0 Å². The zero-order valence-electron chi connectivity index (χ0n) is 15.7. The smallest absolute Gasteiger partial charge is 0.224 e. The Kier molecular flexibility index (Phi) is 5.42. The van der Waals surface area contributed by atoms with E-state index in [0.717, 1.165) is 18.5 Å². The number of aliphatic hydroxyl groups excluding tert-OH is 3. The van der Waals surface area contributed by atoms with E-state index in [1.54, 1.807) is 0 Å². The average molecular weight is 361 g/mol. The van der Waals surface area contributed by atoms with E-state index in [1.165, 1.54) is 0 Å². The summed E-state index contributed by atoms with van der Waals surface area (Å²) in [6, 6.07) is 9.34. The van der Waals surface area contributed by atoms with Crippen molar-refractivity contribution in [3.63, 3.8) is 0 Å². The first-order valence-corrected chi connectivity index (χ1v) is 9.63. The molecule has 2 saturated carbocycles. The summed E-state index contributed by atoms with van der Waals surface area (Å²) in [5.41, 5.74) is -0.104. The highest BCUT2D eigenvalue weighted by atomic mass is 16.3. The lowest BCUT2D eigenvalue weighted by molar-refractivity contribution is -0.185. The highest BCUT2D eigenvalue weighted by Gasteiger charge is 2.58. The molecule has 5 nitrogen and oxygen atoms in total. The average Bonchev–Trinajstić information content (AvgIpc) is 2.62. The summed E-state index contributed by atoms with van der Waals surface area (Å²) in [5, 5.41) is 34.1. The third kappa shape index (κ3) is 3.28. The number of rotatable bonds is 4. The highest BCUT2D eigenvalue weighted by molar-refractivity contribution is 5.90. The first kappa shape index (κ1) is 19.3. The van der Waals surface area contributed by atoms with Crippen LogP contribution in [0.3, 0.4) is 0 Å². The van der Waals surface area contributed by atoms with Gasteiger partial charge >= 0.3 is 0 Å². The minimum absolute atomic E-state index is 0.0759. The molecule has 1 aromatic rings. The highest BCUT2D eigenvalue weighted by Crippen LogP contribution is 2.60. The normalized spacial score (nSPS) is 39.9. The summed E-state index contributed by atoms with van der Waals surface area (Å²) in [7, 11) is 0. The summed E-state index contributed by atoms with van der Waals surface area (Å²) < 4.78 is 0. The second-order valence-electron chi connectivity index (χ2n) is 8.65. The molecule has 0 spiro atoms. The van der Waals surface area contributed by atoms with Crippen LogP contribution in [0.15, 0.2) is 30.3 Å². The fraction of sp³-hybridized carbons (Fsp3) is 0.667. The Labute approximate surface area is 155 Å². The molecule has 144 valence electrons. The van der Waals surface area contributed by atoms with Crippen molar-refractivity contribution in [2.45, 2.75) is 58.2 Å². The van der Waals surface area contributed by atoms with Gasteiger partial charge in [0.05, 0.1) is 18.8 Å². The van der Waals surface area contributed by atoms with Crippen LogP contribution in [0.4, 0.5) is 5.69 Å². The van der Waals surface area contributed by atoms with E-state index < -0.39 is 17.6 Å². The zero-order chi connectivity index (χ0) is 18.9. The molecule has 0 unspecified atom stereocenters. The maximum absolute atomic E-state index is 12.6. The van der Waals surface area contributed by atoms with Crippen LogP contribution in [0.5, 0.6) is 0 Å². The molecule has 2 aliphatic rings. The lowest BCUT2D eigenvalue weighted by Gasteiger charge is -2.60. The van der Waals surface area contributed by atoms with Crippen molar-refractivity contribution in [1.82, 2.24) is 0 Å². The van der Waals surface area contributed by atoms with Gasteiger partial charge in [-0.1, -0.05) is 32.0 Å². The van der Waals surface area contributed by atoms with Crippen molar-refractivity contribution in [2.24, 2.45) is 22.7 Å². The molecule has 0 heterocycles. The van der Waals surface area contributed by atoms with E-state index in [-0.39, 0.29) is 36.2 Å². The van der Waals surface area contributed by atoms with E-state index in [2.05, 4.69) is 12.2 Å². The number of hydrogen-bond donors (Lipinski definition) is 4. The number of nitrogens with one attached hydrogen (secondary N) is 1. The first-order chi connectivity index (χ1) is 12.3. The number of amides is 1. The molecule has 0 aromatic heterocycles. The molecule has 2 aliphatic carbocycles. The first-order valence-electron chi connectivity index (χ1n) is 9.63. The Hall–Kier alpha value is -1.43. The third-order valence-electron chi connectivity index (χ3n) is 7.18. The summed E-state index contributed by atoms with van der Waals surface area (Å²) in [4.78, 5) is 12.6. The fourth-order valence-electron chi connectivity index (χ4n) is 5.54. The number of fused-ring (bicyclic) bond motifs is 1. The monoisotopic (exact) mass is 361 g/mol. The minimum atomic E-state index is -0.582. The molecule has 26 heavy (non-hydrogen) atoms. The van der Waals surface area contributed by atoms with Crippen LogP contribution < -0.4 is 5.32 Å². The number of benzene rings is 1. The van der Waals surface area contributed by atoms with E-state index in [1.807, 2.05) is 37.3 Å². The Morgan fingerprint density at radius 1 is 1.15 bits per heavy atom. The third-order valence-corrected chi connectivity index (χ3v) is 7.18. The maximum Gasteiger partial charge on any atom is 0.224 e. The van der Waals surface area contributed by atoms with Crippen molar-refractivity contribution in [2.75, 3.05) is 11.9 Å². The quantitative estimate of drug-likeness (QED) is 0.663. The molecule has 2 fully saturated rings. The molecule has 4 N–H and O–H groups in total. The van der Waals surface area contributed by atoms with E-state index in [9.17, 15) is 20.1 Å². The standard InChI is InChI=1S/C21H31NO4/c1-20-11-10-18(25)21(2,13-23)17(20)9-8-16(24)15(20)12-19(26)22-14-6-4-3-5-7-14/h3-7,15-18,23-25H,8-13H2,1-2H3,(H,22,26)/t15-,16-,17+,18-,20+,21+/m1/s1.